The highest BCUT2D eigenvalue weighted by Gasteiger charge is 2.28. The van der Waals surface area contributed by atoms with Crippen LogP contribution in [-0.2, 0) is 11.2 Å². The third kappa shape index (κ3) is 6.67. The van der Waals surface area contributed by atoms with Crippen LogP contribution in [0.4, 0.5) is 0 Å². The van der Waals surface area contributed by atoms with E-state index in [1.807, 2.05) is 30.3 Å². The lowest BCUT2D eigenvalue weighted by atomic mass is 9.95. The Hall–Kier alpha value is -3.52. The van der Waals surface area contributed by atoms with Gasteiger partial charge in [-0.15, -0.1) is 0 Å². The number of benzene rings is 2. The molecule has 1 saturated heterocycles. The molecule has 2 aromatic carbocycles. The maximum Gasteiger partial charge on any atom is 0.248 e. The van der Waals surface area contributed by atoms with E-state index in [0.29, 0.717) is 23.7 Å². The Bertz CT molecular complexity index is 1210. The molecule has 1 aromatic heterocycles. The summed E-state index contributed by atoms with van der Waals surface area (Å²) in [4.78, 5) is 31.5. The van der Waals surface area contributed by atoms with E-state index in [4.69, 9.17) is 10.3 Å². The summed E-state index contributed by atoms with van der Waals surface area (Å²) in [5.74, 6) is 1.49. The minimum absolute atomic E-state index is 0.0357. The van der Waals surface area contributed by atoms with Crippen LogP contribution in [-0.4, -0.2) is 46.5 Å². The number of rotatable bonds is 10. The van der Waals surface area contributed by atoms with E-state index in [2.05, 4.69) is 32.5 Å². The van der Waals surface area contributed by atoms with E-state index < -0.39 is 5.91 Å². The van der Waals surface area contributed by atoms with E-state index in [0.717, 1.165) is 70.1 Å². The van der Waals surface area contributed by atoms with Gasteiger partial charge in [0.05, 0.1) is 6.04 Å². The van der Waals surface area contributed by atoms with E-state index in [-0.39, 0.29) is 23.8 Å². The zero-order valence-corrected chi connectivity index (χ0v) is 21.9. The fourth-order valence-corrected chi connectivity index (χ4v) is 5.72. The average Bonchev–Trinajstić information content (AvgIpc) is 3.65. The van der Waals surface area contributed by atoms with Crippen LogP contribution in [0.5, 0.6) is 0 Å². The molecule has 8 nitrogen and oxygen atoms in total. The van der Waals surface area contributed by atoms with Crippen molar-refractivity contribution in [2.75, 3.05) is 19.6 Å². The number of aromatic nitrogens is 2. The van der Waals surface area contributed by atoms with Gasteiger partial charge in [0, 0.05) is 30.4 Å². The molecule has 2 fully saturated rings. The highest BCUT2D eigenvalue weighted by Crippen LogP contribution is 2.29. The summed E-state index contributed by atoms with van der Waals surface area (Å²) in [6.07, 6.45) is 7.65. The van der Waals surface area contributed by atoms with Crippen molar-refractivity contribution < 1.29 is 14.1 Å². The lowest BCUT2D eigenvalue weighted by Crippen LogP contribution is -2.38. The lowest BCUT2D eigenvalue weighted by Gasteiger charge is -2.32. The topological polar surface area (TPSA) is 114 Å². The first-order valence-corrected chi connectivity index (χ1v) is 13.8. The molecule has 3 aromatic rings. The highest BCUT2D eigenvalue weighted by atomic mass is 16.5. The molecule has 2 heterocycles. The molecular weight excluding hydrogens is 478 g/mol. The first-order valence-electron chi connectivity index (χ1n) is 13.8. The monoisotopic (exact) mass is 515 g/mol. The standard InChI is InChI=1S/C30H37N5O3/c31-28(36)25-12-6-7-21(19-25)20-27-33-30(38-34-27)24-13-16-35(17-14-24)18-15-26(22-8-2-1-3-9-22)32-29(37)23-10-4-5-11-23/h1-3,6-9,12,19,23-24,26H,4-5,10-11,13-18,20H2,(H2,31,36)(H,32,37). The normalized spacial score (nSPS) is 17.9. The molecule has 5 rings (SSSR count). The van der Waals surface area contributed by atoms with E-state index in [9.17, 15) is 9.59 Å². The van der Waals surface area contributed by atoms with Crippen LogP contribution in [0.25, 0.3) is 0 Å². The van der Waals surface area contributed by atoms with E-state index >= 15 is 0 Å². The van der Waals surface area contributed by atoms with Crippen LogP contribution in [0.15, 0.2) is 59.1 Å². The molecular formula is C30H37N5O3. The second-order valence-electron chi connectivity index (χ2n) is 10.6. The minimum Gasteiger partial charge on any atom is -0.366 e. The van der Waals surface area contributed by atoms with Crippen LogP contribution < -0.4 is 11.1 Å². The molecule has 1 aliphatic carbocycles. The van der Waals surface area contributed by atoms with E-state index in [1.54, 1.807) is 12.1 Å². The van der Waals surface area contributed by atoms with Crippen molar-refractivity contribution >= 4 is 11.8 Å². The molecule has 1 saturated carbocycles. The number of carbonyl (C=O) groups is 2. The molecule has 0 spiro atoms. The molecule has 1 atom stereocenters. The number of piperidine rings is 1. The Kier molecular flexibility index (Phi) is 8.48. The number of nitrogens with one attached hydrogen (secondary N) is 1. The molecule has 3 N–H and O–H groups in total. The highest BCUT2D eigenvalue weighted by molar-refractivity contribution is 5.92. The van der Waals surface area contributed by atoms with Crippen LogP contribution >= 0.6 is 0 Å². The maximum absolute atomic E-state index is 12.9. The molecule has 2 aliphatic rings. The number of hydrogen-bond donors (Lipinski definition) is 2. The number of amides is 2. The first-order chi connectivity index (χ1) is 18.5. The SMILES string of the molecule is NC(=O)c1cccc(Cc2noc(C3CCN(CCC(NC(=O)C4CCCC4)c4ccccc4)CC3)n2)c1. The number of likely N-dealkylation sites (tertiary alicyclic amines) is 1. The molecule has 0 bridgehead atoms. The third-order valence-electron chi connectivity index (χ3n) is 7.97. The quantitative estimate of drug-likeness (QED) is 0.414. The first kappa shape index (κ1) is 26.1. The van der Waals surface area contributed by atoms with Crippen LogP contribution in [0.2, 0.25) is 0 Å². The van der Waals surface area contributed by atoms with Crippen molar-refractivity contribution in [2.45, 2.75) is 63.3 Å². The van der Waals surface area contributed by atoms with Gasteiger partial charge < -0.3 is 20.5 Å². The van der Waals surface area contributed by atoms with Gasteiger partial charge in [-0.25, -0.2) is 0 Å². The van der Waals surface area contributed by atoms with Crippen molar-refractivity contribution in [1.82, 2.24) is 20.4 Å². The van der Waals surface area contributed by atoms with Gasteiger partial charge in [-0.2, -0.15) is 4.98 Å². The second kappa shape index (κ2) is 12.3. The van der Waals surface area contributed by atoms with Crippen LogP contribution in [0, 0.1) is 5.92 Å². The molecule has 2 amide bonds. The van der Waals surface area contributed by atoms with Gasteiger partial charge in [-0.05, 0) is 68.5 Å². The number of carbonyl (C=O) groups excluding carboxylic acids is 2. The van der Waals surface area contributed by atoms with E-state index in [1.165, 1.54) is 5.56 Å². The van der Waals surface area contributed by atoms with Gasteiger partial charge in [0.25, 0.3) is 0 Å². The van der Waals surface area contributed by atoms with Crippen molar-refractivity contribution in [3.63, 3.8) is 0 Å². The molecule has 1 aliphatic heterocycles. The van der Waals surface area contributed by atoms with Crippen LogP contribution in [0.3, 0.4) is 0 Å². The number of hydrogen-bond acceptors (Lipinski definition) is 6. The Morgan fingerprint density at radius 1 is 1.03 bits per heavy atom. The summed E-state index contributed by atoms with van der Waals surface area (Å²) >= 11 is 0. The molecule has 38 heavy (non-hydrogen) atoms. The summed E-state index contributed by atoms with van der Waals surface area (Å²) in [6, 6.07) is 17.6. The Morgan fingerprint density at radius 3 is 2.53 bits per heavy atom. The smallest absolute Gasteiger partial charge is 0.248 e. The predicted octanol–water partition coefficient (Wildman–Crippen LogP) is 4.38. The fourth-order valence-electron chi connectivity index (χ4n) is 5.72. The zero-order chi connectivity index (χ0) is 26.3. The summed E-state index contributed by atoms with van der Waals surface area (Å²) in [6.45, 7) is 2.85. The van der Waals surface area contributed by atoms with Crippen molar-refractivity contribution in [1.29, 1.82) is 0 Å². The summed E-state index contributed by atoms with van der Waals surface area (Å²) < 4.78 is 5.62. The maximum atomic E-state index is 12.9. The largest absolute Gasteiger partial charge is 0.366 e. The average molecular weight is 516 g/mol. The number of primary amides is 1. The summed E-state index contributed by atoms with van der Waals surface area (Å²) in [7, 11) is 0. The molecule has 0 radical (unpaired) electrons. The van der Waals surface area contributed by atoms with Crippen molar-refractivity contribution in [3.8, 4) is 0 Å². The summed E-state index contributed by atoms with van der Waals surface area (Å²) in [5.41, 5.74) is 7.97. The fraction of sp³-hybridized carbons (Fsp3) is 0.467. The lowest BCUT2D eigenvalue weighted by molar-refractivity contribution is -0.125. The third-order valence-corrected chi connectivity index (χ3v) is 7.97. The van der Waals surface area contributed by atoms with Crippen molar-refractivity contribution in [3.05, 3.63) is 83.0 Å². The minimum atomic E-state index is -0.446. The number of nitrogens with zero attached hydrogens (tertiary/aromatic N) is 3. The molecule has 1 unspecified atom stereocenters. The summed E-state index contributed by atoms with van der Waals surface area (Å²) in [5, 5.41) is 7.53. The van der Waals surface area contributed by atoms with Gasteiger partial charge in [0.2, 0.25) is 17.7 Å². The Balaban J connectivity index is 1.13. The molecule has 8 heteroatoms. The van der Waals surface area contributed by atoms with Crippen molar-refractivity contribution in [2.24, 2.45) is 11.7 Å². The van der Waals surface area contributed by atoms with Gasteiger partial charge in [0.1, 0.15) is 0 Å². The Labute approximate surface area is 224 Å². The van der Waals surface area contributed by atoms with Gasteiger partial charge >= 0.3 is 0 Å². The van der Waals surface area contributed by atoms with Crippen LogP contribution in [0.1, 0.15) is 90.1 Å². The molecule has 200 valence electrons. The van der Waals surface area contributed by atoms with Gasteiger partial charge in [-0.3, -0.25) is 9.59 Å². The van der Waals surface area contributed by atoms with Gasteiger partial charge in [0.15, 0.2) is 5.82 Å². The van der Waals surface area contributed by atoms with Gasteiger partial charge in [-0.1, -0.05) is 60.5 Å². The zero-order valence-electron chi connectivity index (χ0n) is 21.9. The predicted molar refractivity (Wildman–Crippen MR) is 144 cm³/mol. The Morgan fingerprint density at radius 2 is 1.79 bits per heavy atom. The number of nitrogens with two attached hydrogens (primary N) is 1. The second-order valence-corrected chi connectivity index (χ2v) is 10.6.